The molecule has 1 aromatic heterocycles. The van der Waals surface area contributed by atoms with Gasteiger partial charge in [0.05, 0.1) is 27.5 Å². The van der Waals surface area contributed by atoms with Crippen LogP contribution < -0.4 is 21.7 Å². The summed E-state index contributed by atoms with van der Waals surface area (Å²) in [6.07, 6.45) is 4.14. The molecule has 1 saturated carbocycles. The van der Waals surface area contributed by atoms with Gasteiger partial charge in [-0.25, -0.2) is 24.2 Å². The zero-order valence-corrected chi connectivity index (χ0v) is 26.4. The molecular formula is C31H36Cl2FN9O2. The van der Waals surface area contributed by atoms with Gasteiger partial charge >= 0.3 is 6.03 Å². The number of carbonyl (C=O) groups is 2. The van der Waals surface area contributed by atoms with Crippen LogP contribution in [0.4, 0.5) is 32.3 Å². The number of imidazole rings is 1. The van der Waals surface area contributed by atoms with Gasteiger partial charge in [-0.15, -0.1) is 0 Å². The Bertz CT molecular complexity index is 1570. The number of piperidine rings is 1. The van der Waals surface area contributed by atoms with Gasteiger partial charge in [0, 0.05) is 30.7 Å². The lowest BCUT2D eigenvalue weighted by atomic mass is 9.85. The van der Waals surface area contributed by atoms with Gasteiger partial charge < -0.3 is 26.6 Å². The van der Waals surface area contributed by atoms with E-state index in [1.54, 1.807) is 4.90 Å². The third-order valence-electron chi connectivity index (χ3n) is 8.19. The van der Waals surface area contributed by atoms with Crippen LogP contribution in [0.2, 0.25) is 10.0 Å². The highest BCUT2D eigenvalue weighted by molar-refractivity contribution is 6.39. The number of para-hydroxylation sites is 1. The Morgan fingerprint density at radius 2 is 1.76 bits per heavy atom. The van der Waals surface area contributed by atoms with Crippen molar-refractivity contribution in [3.8, 4) is 0 Å². The van der Waals surface area contributed by atoms with E-state index >= 15 is 0 Å². The smallest absolute Gasteiger partial charge is 0.321 e. The number of halogens is 3. The molecule has 1 atom stereocenters. The molecule has 0 radical (unpaired) electrons. The van der Waals surface area contributed by atoms with E-state index in [0.29, 0.717) is 61.9 Å². The second-order valence-corrected chi connectivity index (χ2v) is 12.1. The van der Waals surface area contributed by atoms with Crippen LogP contribution in [0.3, 0.4) is 0 Å². The number of hydrogen-bond acceptors (Lipinski definition) is 5. The van der Waals surface area contributed by atoms with Gasteiger partial charge in [-0.2, -0.15) is 0 Å². The Hall–Kier alpha value is -4.16. The first kappa shape index (κ1) is 32.2. The second-order valence-electron chi connectivity index (χ2n) is 11.3. The number of benzene rings is 2. The van der Waals surface area contributed by atoms with E-state index in [9.17, 15) is 14.0 Å². The molecule has 0 spiro atoms. The number of likely N-dealkylation sites (tertiary alicyclic amines) is 1. The van der Waals surface area contributed by atoms with Crippen molar-refractivity contribution in [2.24, 2.45) is 21.6 Å². The zero-order chi connectivity index (χ0) is 32.1. The lowest BCUT2D eigenvalue weighted by Crippen LogP contribution is -2.44. The predicted molar refractivity (Wildman–Crippen MR) is 178 cm³/mol. The number of guanidine groups is 1. The summed E-state index contributed by atoms with van der Waals surface area (Å²) in [6.45, 7) is 6.62. The van der Waals surface area contributed by atoms with Gasteiger partial charge in [0.1, 0.15) is 11.6 Å². The quantitative estimate of drug-likeness (QED) is 0.164. The molecule has 11 nitrogen and oxygen atoms in total. The van der Waals surface area contributed by atoms with E-state index in [2.05, 4.69) is 27.7 Å². The van der Waals surface area contributed by atoms with Crippen molar-refractivity contribution in [3.63, 3.8) is 0 Å². The standard InChI is InChI=1S/C31H36Cl2FN9O2/c1-18-28(41-29(36-2)38-22-9-6-14-42(17-22)31(45)39-21-7-4-3-5-8-21)43(23-12-10-19(11-13-23)27(35)44)30(37-18)40-26-24(32)15-20(34)16-25(26)33/h3-5,7-8,15-16,19,22-23H,2,6,9-14,17H2,1H3,(H2,35,44)(H,37,40)(H,38,41)(H,39,45)/t19?,22-,23?/m1/s1. The monoisotopic (exact) mass is 655 g/mol. The highest BCUT2D eigenvalue weighted by atomic mass is 35.5. The number of amides is 3. The minimum Gasteiger partial charge on any atom is -0.369 e. The summed E-state index contributed by atoms with van der Waals surface area (Å²) in [5, 5.41) is 9.65. The first-order valence-corrected chi connectivity index (χ1v) is 15.6. The molecule has 2 aliphatic rings. The summed E-state index contributed by atoms with van der Waals surface area (Å²) < 4.78 is 15.9. The number of primary amides is 1. The topological polar surface area (TPSA) is 142 Å². The van der Waals surface area contributed by atoms with Gasteiger partial charge in [-0.1, -0.05) is 41.4 Å². The third-order valence-corrected chi connectivity index (χ3v) is 8.78. The molecule has 3 aromatic rings. The largest absolute Gasteiger partial charge is 0.369 e. The van der Waals surface area contributed by atoms with Gasteiger partial charge in [0.2, 0.25) is 17.8 Å². The number of nitrogens with zero attached hydrogens (tertiary/aromatic N) is 5. The Morgan fingerprint density at radius 1 is 1.07 bits per heavy atom. The molecule has 1 aliphatic carbocycles. The fraction of sp³-hybridized carbons (Fsp3) is 0.387. The van der Waals surface area contributed by atoms with Gasteiger partial charge in [-0.3, -0.25) is 9.36 Å². The summed E-state index contributed by atoms with van der Waals surface area (Å²) >= 11 is 12.7. The first-order valence-electron chi connectivity index (χ1n) is 14.8. The Kier molecular flexibility index (Phi) is 10.2. The van der Waals surface area contributed by atoms with Crippen molar-refractivity contribution in [2.45, 2.75) is 57.5 Å². The number of nitrogens with two attached hydrogens (primary N) is 1. The summed E-state index contributed by atoms with van der Waals surface area (Å²) in [5.74, 6) is 0.276. The van der Waals surface area contributed by atoms with Crippen LogP contribution in [0, 0.1) is 18.7 Å². The lowest BCUT2D eigenvalue weighted by molar-refractivity contribution is -0.122. The SMILES string of the molecule is C=NC(=N[C@@H]1CCCN(C(=O)Nc2ccccc2)C1)Nc1c(C)nc(Nc2c(Cl)cc(F)cc2Cl)n1C1CCC(C(N)=O)CC1. The van der Waals surface area contributed by atoms with Crippen molar-refractivity contribution in [2.75, 3.05) is 29.0 Å². The van der Waals surface area contributed by atoms with E-state index in [-0.39, 0.29) is 45.9 Å². The van der Waals surface area contributed by atoms with Crippen LogP contribution >= 0.6 is 23.2 Å². The van der Waals surface area contributed by atoms with Gasteiger partial charge in [-0.05, 0) is 76.4 Å². The minimum atomic E-state index is -0.557. The van der Waals surface area contributed by atoms with Crippen molar-refractivity contribution < 1.29 is 14.0 Å². The van der Waals surface area contributed by atoms with E-state index < -0.39 is 5.82 Å². The molecule has 2 heterocycles. The fourth-order valence-electron chi connectivity index (χ4n) is 5.89. The van der Waals surface area contributed by atoms with Crippen LogP contribution in [-0.2, 0) is 4.79 Å². The van der Waals surface area contributed by atoms with E-state index in [0.717, 1.165) is 18.5 Å². The number of rotatable bonds is 7. The van der Waals surface area contributed by atoms with Crippen molar-refractivity contribution in [1.29, 1.82) is 0 Å². The Labute approximate surface area is 271 Å². The molecule has 14 heteroatoms. The molecule has 3 amide bonds. The molecule has 5 N–H and O–H groups in total. The third kappa shape index (κ3) is 7.74. The molecule has 2 fully saturated rings. The van der Waals surface area contributed by atoms with Crippen molar-refractivity contribution in [1.82, 2.24) is 14.5 Å². The average molecular weight is 657 g/mol. The number of urea groups is 1. The Morgan fingerprint density at radius 3 is 2.40 bits per heavy atom. The number of nitrogens with one attached hydrogen (secondary N) is 3. The number of hydrogen-bond donors (Lipinski definition) is 4. The number of anilines is 4. The first-order chi connectivity index (χ1) is 21.6. The van der Waals surface area contributed by atoms with Crippen LogP contribution in [0.15, 0.2) is 52.4 Å². The molecular weight excluding hydrogens is 620 g/mol. The highest BCUT2D eigenvalue weighted by Gasteiger charge is 2.31. The lowest BCUT2D eigenvalue weighted by Gasteiger charge is -2.31. The normalized spacial score (nSPS) is 20.4. The van der Waals surface area contributed by atoms with Crippen LogP contribution in [-0.4, -0.2) is 58.2 Å². The molecule has 5 rings (SSSR count). The van der Waals surface area contributed by atoms with Gasteiger partial charge in [0.25, 0.3) is 0 Å². The number of carbonyl (C=O) groups excluding carboxylic acids is 2. The fourth-order valence-corrected chi connectivity index (χ4v) is 6.45. The van der Waals surface area contributed by atoms with Crippen LogP contribution in [0.25, 0.3) is 0 Å². The summed E-state index contributed by atoms with van der Waals surface area (Å²) in [6, 6.07) is 11.2. The maximum Gasteiger partial charge on any atom is 0.321 e. The predicted octanol–water partition coefficient (Wildman–Crippen LogP) is 6.76. The molecule has 45 heavy (non-hydrogen) atoms. The van der Waals surface area contributed by atoms with Crippen molar-refractivity contribution in [3.05, 3.63) is 64.0 Å². The number of aromatic nitrogens is 2. The summed E-state index contributed by atoms with van der Waals surface area (Å²) in [4.78, 5) is 40.3. The van der Waals surface area contributed by atoms with Crippen LogP contribution in [0.1, 0.15) is 50.3 Å². The second kappa shape index (κ2) is 14.3. The molecule has 1 aliphatic heterocycles. The van der Waals surface area contributed by atoms with E-state index in [1.807, 2.05) is 41.8 Å². The highest BCUT2D eigenvalue weighted by Crippen LogP contribution is 2.40. The molecule has 2 aromatic carbocycles. The van der Waals surface area contributed by atoms with Crippen LogP contribution in [0.5, 0.6) is 0 Å². The Balaban J connectivity index is 1.40. The molecule has 0 bridgehead atoms. The summed E-state index contributed by atoms with van der Waals surface area (Å²) in [5.41, 5.74) is 7.27. The van der Waals surface area contributed by atoms with Crippen molar-refractivity contribution >= 4 is 71.0 Å². The average Bonchev–Trinajstić information content (AvgIpc) is 3.33. The van der Waals surface area contributed by atoms with Gasteiger partial charge in [0.15, 0.2) is 0 Å². The molecule has 1 saturated heterocycles. The summed E-state index contributed by atoms with van der Waals surface area (Å²) in [7, 11) is 0. The number of aryl methyl sites for hydroxylation is 1. The molecule has 0 unspecified atom stereocenters. The maximum atomic E-state index is 13.9. The van der Waals surface area contributed by atoms with E-state index in [1.165, 1.54) is 12.1 Å². The number of aliphatic imine (C=N–C) groups is 2. The maximum absolute atomic E-state index is 13.9. The zero-order valence-electron chi connectivity index (χ0n) is 24.9. The van der Waals surface area contributed by atoms with E-state index in [4.69, 9.17) is 38.9 Å². The minimum absolute atomic E-state index is 0.0669. The molecule has 238 valence electrons.